The summed E-state index contributed by atoms with van der Waals surface area (Å²) in [6.07, 6.45) is 1.98. The molecular weight excluding hydrogens is 357 g/mol. The van der Waals surface area contributed by atoms with Crippen LogP contribution < -0.4 is 15.7 Å². The van der Waals surface area contributed by atoms with Gasteiger partial charge < -0.3 is 10.0 Å². The Morgan fingerprint density at radius 1 is 1.35 bits per heavy atom. The molecule has 132 valence electrons. The minimum absolute atomic E-state index is 0.0913. The summed E-state index contributed by atoms with van der Waals surface area (Å²) in [6, 6.07) is 1.19. The number of carboxylic acids is 1. The fourth-order valence-electron chi connectivity index (χ4n) is 4.16. The van der Waals surface area contributed by atoms with Crippen molar-refractivity contribution in [1.29, 1.82) is 0 Å². The lowest BCUT2D eigenvalue weighted by molar-refractivity contribution is 0.0697. The number of nitrogens with zero attached hydrogens (tertiary/aromatic N) is 3. The highest BCUT2D eigenvalue weighted by molar-refractivity contribution is 7.16. The lowest BCUT2D eigenvalue weighted by Crippen LogP contribution is -2.22. The number of carbonyl (C=O) groups is 1. The molecule has 8 heteroatoms. The summed E-state index contributed by atoms with van der Waals surface area (Å²) in [4.78, 5) is 31.2. The van der Waals surface area contributed by atoms with Gasteiger partial charge in [-0.2, -0.15) is 0 Å². The van der Waals surface area contributed by atoms with Gasteiger partial charge in [-0.05, 0) is 18.9 Å². The number of pyridine rings is 1. The van der Waals surface area contributed by atoms with Crippen LogP contribution in [0.5, 0.6) is 0 Å². The Hall–Kier alpha value is -2.74. The molecule has 0 unspecified atom stereocenters. The van der Waals surface area contributed by atoms with Gasteiger partial charge in [0, 0.05) is 25.5 Å². The minimum Gasteiger partial charge on any atom is -0.477 e. The Bertz CT molecular complexity index is 1320. The second kappa shape index (κ2) is 5.14. The SMILES string of the molecule is CN=c1c2c(N3CCCC3)c(F)cc3c(=O)c(C(=O)O)c4scc1n4c32. The molecule has 0 radical (unpaired) electrons. The molecule has 26 heavy (non-hydrogen) atoms. The first-order valence-electron chi connectivity index (χ1n) is 8.32. The number of hydrogen-bond acceptors (Lipinski definition) is 5. The summed E-state index contributed by atoms with van der Waals surface area (Å²) in [5, 5.41) is 12.6. The van der Waals surface area contributed by atoms with Crippen molar-refractivity contribution in [2.45, 2.75) is 12.8 Å². The molecule has 0 aliphatic carbocycles. The standard InChI is InChI=1S/C18H14FN3O3S/c1-20-13-10-7-26-17-12(18(24)25)16(23)8-6-9(19)15(21-4-2-3-5-21)11(13)14(8)22(10)17/h6-7H,2-5H2,1H3,(H,24,25). The number of aromatic nitrogens is 1. The zero-order valence-electron chi connectivity index (χ0n) is 13.9. The first-order chi connectivity index (χ1) is 12.5. The predicted molar refractivity (Wildman–Crippen MR) is 98.8 cm³/mol. The van der Waals surface area contributed by atoms with Crippen LogP contribution >= 0.6 is 11.3 Å². The van der Waals surface area contributed by atoms with E-state index >= 15 is 4.39 Å². The van der Waals surface area contributed by atoms with E-state index in [4.69, 9.17) is 0 Å². The van der Waals surface area contributed by atoms with E-state index in [1.165, 1.54) is 17.4 Å². The summed E-state index contributed by atoms with van der Waals surface area (Å²) >= 11 is 1.20. The number of aromatic carboxylic acids is 1. The predicted octanol–water partition coefficient (Wildman–Crippen LogP) is 2.51. The second-order valence-corrected chi connectivity index (χ2v) is 7.37. The van der Waals surface area contributed by atoms with Gasteiger partial charge in [0.15, 0.2) is 0 Å². The molecule has 0 spiro atoms. The Kier molecular flexibility index (Phi) is 3.06. The van der Waals surface area contributed by atoms with Crippen LogP contribution in [0.3, 0.4) is 0 Å². The Morgan fingerprint density at radius 3 is 2.73 bits per heavy atom. The molecule has 1 N–H and O–H groups in total. The Morgan fingerprint density at radius 2 is 2.08 bits per heavy atom. The molecular formula is C18H14FN3O3S. The minimum atomic E-state index is -1.30. The average Bonchev–Trinajstić information content (AvgIpc) is 3.31. The van der Waals surface area contributed by atoms with Gasteiger partial charge in [0.05, 0.1) is 32.9 Å². The molecule has 5 rings (SSSR count). The first-order valence-corrected chi connectivity index (χ1v) is 9.20. The van der Waals surface area contributed by atoms with Crippen LogP contribution in [0.1, 0.15) is 23.2 Å². The van der Waals surface area contributed by atoms with E-state index in [9.17, 15) is 14.7 Å². The normalized spacial score (nSPS) is 16.1. The molecule has 1 aromatic carbocycles. The molecule has 4 aromatic rings. The van der Waals surface area contributed by atoms with Gasteiger partial charge >= 0.3 is 5.97 Å². The van der Waals surface area contributed by atoms with Crippen molar-refractivity contribution in [2.24, 2.45) is 4.99 Å². The Balaban J connectivity index is 2.12. The van der Waals surface area contributed by atoms with Crippen molar-refractivity contribution < 1.29 is 14.3 Å². The molecule has 4 heterocycles. The molecule has 1 aliphatic rings. The van der Waals surface area contributed by atoms with Crippen LogP contribution in [-0.4, -0.2) is 35.6 Å². The van der Waals surface area contributed by atoms with Crippen molar-refractivity contribution in [3.8, 4) is 0 Å². The highest BCUT2D eigenvalue weighted by atomic mass is 32.1. The molecule has 1 aliphatic heterocycles. The molecule has 1 fully saturated rings. The molecule has 0 atom stereocenters. The zero-order valence-corrected chi connectivity index (χ0v) is 14.7. The van der Waals surface area contributed by atoms with Gasteiger partial charge in [-0.25, -0.2) is 9.18 Å². The average molecular weight is 371 g/mol. The lowest BCUT2D eigenvalue weighted by atomic mass is 10.1. The quantitative estimate of drug-likeness (QED) is 0.588. The third kappa shape index (κ3) is 1.72. The van der Waals surface area contributed by atoms with Gasteiger partial charge in [-0.15, -0.1) is 11.3 Å². The van der Waals surface area contributed by atoms with Crippen LogP contribution in [0.15, 0.2) is 21.2 Å². The highest BCUT2D eigenvalue weighted by Crippen LogP contribution is 2.37. The number of anilines is 1. The molecule has 0 amide bonds. The summed E-state index contributed by atoms with van der Waals surface area (Å²) in [6.45, 7) is 1.51. The summed E-state index contributed by atoms with van der Waals surface area (Å²) < 4.78 is 16.8. The van der Waals surface area contributed by atoms with Crippen LogP contribution in [0.25, 0.3) is 26.6 Å². The lowest BCUT2D eigenvalue weighted by Gasteiger charge is -2.20. The molecule has 0 saturated carbocycles. The summed E-state index contributed by atoms with van der Waals surface area (Å²) in [7, 11) is 1.63. The Labute approximate surface area is 150 Å². The van der Waals surface area contributed by atoms with Crippen molar-refractivity contribution in [1.82, 2.24) is 4.40 Å². The smallest absolute Gasteiger partial charge is 0.342 e. The zero-order chi connectivity index (χ0) is 18.2. The molecule has 0 bridgehead atoms. The maximum atomic E-state index is 15.1. The van der Waals surface area contributed by atoms with Crippen molar-refractivity contribution in [3.05, 3.63) is 38.4 Å². The number of thiazole rings is 1. The van der Waals surface area contributed by atoms with Gasteiger partial charge in [0.2, 0.25) is 5.43 Å². The van der Waals surface area contributed by atoms with Crippen LogP contribution in [0, 0.1) is 5.82 Å². The molecule has 1 saturated heterocycles. The number of hydrogen-bond donors (Lipinski definition) is 1. The fourth-order valence-corrected chi connectivity index (χ4v) is 5.20. The largest absolute Gasteiger partial charge is 0.477 e. The maximum Gasteiger partial charge on any atom is 0.342 e. The van der Waals surface area contributed by atoms with E-state index in [-0.39, 0.29) is 10.9 Å². The second-order valence-electron chi connectivity index (χ2n) is 6.52. The van der Waals surface area contributed by atoms with E-state index in [1.807, 2.05) is 4.90 Å². The van der Waals surface area contributed by atoms with Crippen LogP contribution in [-0.2, 0) is 0 Å². The summed E-state index contributed by atoms with van der Waals surface area (Å²) in [5.74, 6) is -1.80. The van der Waals surface area contributed by atoms with E-state index in [0.717, 1.165) is 25.9 Å². The highest BCUT2D eigenvalue weighted by Gasteiger charge is 2.29. The van der Waals surface area contributed by atoms with Gasteiger partial charge in [-0.1, -0.05) is 0 Å². The van der Waals surface area contributed by atoms with E-state index in [1.54, 1.807) is 16.8 Å². The van der Waals surface area contributed by atoms with E-state index in [2.05, 4.69) is 4.99 Å². The topological polar surface area (TPSA) is 74.4 Å². The van der Waals surface area contributed by atoms with Crippen molar-refractivity contribution in [2.75, 3.05) is 25.0 Å². The van der Waals surface area contributed by atoms with Crippen molar-refractivity contribution in [3.63, 3.8) is 0 Å². The van der Waals surface area contributed by atoms with E-state index in [0.29, 0.717) is 32.3 Å². The van der Waals surface area contributed by atoms with Crippen LogP contribution in [0.4, 0.5) is 10.1 Å². The van der Waals surface area contributed by atoms with Gasteiger partial charge in [0.25, 0.3) is 0 Å². The maximum absolute atomic E-state index is 15.1. The number of halogens is 1. The fraction of sp³-hybridized carbons (Fsp3) is 0.278. The third-order valence-electron chi connectivity index (χ3n) is 5.20. The van der Waals surface area contributed by atoms with E-state index < -0.39 is 17.2 Å². The van der Waals surface area contributed by atoms with Crippen molar-refractivity contribution >= 4 is 49.6 Å². The molecule has 6 nitrogen and oxygen atoms in total. The number of carboxylic acid groups (broad SMARTS) is 1. The monoisotopic (exact) mass is 371 g/mol. The number of rotatable bonds is 2. The van der Waals surface area contributed by atoms with Gasteiger partial charge in [-0.3, -0.25) is 14.2 Å². The summed E-state index contributed by atoms with van der Waals surface area (Å²) in [5.41, 5.74) is 0.779. The first kappa shape index (κ1) is 15.5. The van der Waals surface area contributed by atoms with Crippen LogP contribution in [0.2, 0.25) is 0 Å². The third-order valence-corrected chi connectivity index (χ3v) is 6.15. The van der Waals surface area contributed by atoms with Gasteiger partial charge in [0.1, 0.15) is 16.2 Å². The molecule has 3 aromatic heterocycles. The number of benzene rings is 1.